The number of carbonyl (C=O) groups is 3. The summed E-state index contributed by atoms with van der Waals surface area (Å²) < 4.78 is 21.2. The summed E-state index contributed by atoms with van der Waals surface area (Å²) >= 11 is 0. The minimum absolute atomic E-state index is 0.167. The quantitative estimate of drug-likeness (QED) is 0.206. The van der Waals surface area contributed by atoms with E-state index < -0.39 is 18.1 Å². The van der Waals surface area contributed by atoms with Gasteiger partial charge in [0.25, 0.3) is 5.91 Å². The molecule has 13 nitrogen and oxygen atoms in total. The van der Waals surface area contributed by atoms with Gasteiger partial charge >= 0.3 is 5.69 Å². The summed E-state index contributed by atoms with van der Waals surface area (Å²) in [4.78, 5) is 61.9. The summed E-state index contributed by atoms with van der Waals surface area (Å²) in [5, 5.41) is 11.1. The largest absolute Gasteiger partial charge is 0.329 e. The lowest BCUT2D eigenvalue weighted by atomic mass is 9.83. The molecule has 14 heteroatoms. The molecule has 55 heavy (non-hydrogen) atoms. The van der Waals surface area contributed by atoms with Crippen LogP contribution < -0.4 is 16.3 Å². The molecule has 0 bridgehead atoms. The predicted molar refractivity (Wildman–Crippen MR) is 207 cm³/mol. The number of halogens is 1. The highest BCUT2D eigenvalue weighted by atomic mass is 19.1. The average Bonchev–Trinajstić information content (AvgIpc) is 3.69. The molecule has 0 spiro atoms. The number of fused-ring (bicyclic) bond motifs is 2. The van der Waals surface area contributed by atoms with E-state index in [-0.39, 0.29) is 53.4 Å². The molecular weight excluding hydrogens is 702 g/mol. The van der Waals surface area contributed by atoms with Crippen molar-refractivity contribution in [2.75, 3.05) is 25.0 Å². The van der Waals surface area contributed by atoms with E-state index >= 15 is 4.39 Å². The van der Waals surface area contributed by atoms with Gasteiger partial charge in [0.1, 0.15) is 17.9 Å². The van der Waals surface area contributed by atoms with Gasteiger partial charge in [0.15, 0.2) is 0 Å². The Kier molecular flexibility index (Phi) is 9.64. The maximum Gasteiger partial charge on any atom is 0.329 e. The number of anilines is 1. The van der Waals surface area contributed by atoms with Crippen LogP contribution in [-0.4, -0.2) is 77.3 Å². The van der Waals surface area contributed by atoms with E-state index in [4.69, 9.17) is 5.10 Å². The highest BCUT2D eigenvalue weighted by Gasteiger charge is 2.36. The lowest BCUT2D eigenvalue weighted by Crippen LogP contribution is -2.44. The van der Waals surface area contributed by atoms with Crippen LogP contribution in [0.2, 0.25) is 0 Å². The molecule has 1 saturated carbocycles. The van der Waals surface area contributed by atoms with Gasteiger partial charge in [-0.05, 0) is 80.8 Å². The fourth-order valence-corrected chi connectivity index (χ4v) is 8.78. The van der Waals surface area contributed by atoms with E-state index in [0.717, 1.165) is 60.9 Å². The second kappa shape index (κ2) is 14.4. The number of imide groups is 1. The van der Waals surface area contributed by atoms with Crippen LogP contribution in [0.4, 0.5) is 10.1 Å². The summed E-state index contributed by atoms with van der Waals surface area (Å²) in [5.41, 5.74) is 4.05. The van der Waals surface area contributed by atoms with Crippen molar-refractivity contribution < 1.29 is 18.8 Å². The number of rotatable bonds is 7. The Morgan fingerprint density at radius 2 is 1.82 bits per heavy atom. The Balaban J connectivity index is 0.872. The second-order valence-corrected chi connectivity index (χ2v) is 16.6. The zero-order valence-corrected chi connectivity index (χ0v) is 31.8. The van der Waals surface area contributed by atoms with Crippen molar-refractivity contribution >= 4 is 45.3 Å². The van der Waals surface area contributed by atoms with Crippen molar-refractivity contribution in [2.24, 2.45) is 13.0 Å². The van der Waals surface area contributed by atoms with Crippen LogP contribution in [0.25, 0.3) is 21.9 Å². The highest BCUT2D eigenvalue weighted by Crippen LogP contribution is 2.38. The molecule has 3 atom stereocenters. The molecule has 5 aromatic rings. The van der Waals surface area contributed by atoms with Crippen LogP contribution in [-0.2, 0) is 22.1 Å². The first-order valence-corrected chi connectivity index (χ1v) is 19.4. The van der Waals surface area contributed by atoms with E-state index in [9.17, 15) is 19.2 Å². The number of aryl methyl sites for hydroxylation is 1. The molecule has 2 aliphatic heterocycles. The lowest BCUT2D eigenvalue weighted by molar-refractivity contribution is -0.135. The van der Waals surface area contributed by atoms with Gasteiger partial charge in [-0.25, -0.2) is 14.2 Å². The maximum absolute atomic E-state index is 16.1. The first-order valence-electron chi connectivity index (χ1n) is 19.4. The van der Waals surface area contributed by atoms with E-state index in [0.29, 0.717) is 35.6 Å². The number of hydrogen-bond donors (Lipinski definition) is 2. The van der Waals surface area contributed by atoms with Gasteiger partial charge in [0, 0.05) is 61.4 Å². The normalized spacial score (nSPS) is 24.0. The fraction of sp³-hybridized carbons (Fsp3) is 0.488. The molecule has 3 aromatic heterocycles. The molecule has 288 valence electrons. The van der Waals surface area contributed by atoms with Crippen LogP contribution >= 0.6 is 0 Å². The Morgan fingerprint density at radius 1 is 1.02 bits per heavy atom. The van der Waals surface area contributed by atoms with Crippen molar-refractivity contribution in [2.45, 2.75) is 95.3 Å². The van der Waals surface area contributed by atoms with E-state index in [1.165, 1.54) is 15.3 Å². The molecule has 1 aliphatic carbocycles. The predicted octanol–water partition coefficient (Wildman–Crippen LogP) is 5.57. The first kappa shape index (κ1) is 36.7. The molecule has 3 amide bonds. The van der Waals surface area contributed by atoms with E-state index in [1.807, 2.05) is 51.1 Å². The molecule has 0 radical (unpaired) electrons. The third-order valence-corrected chi connectivity index (χ3v) is 11.8. The Hall–Kier alpha value is -5.24. The average molecular weight is 750 g/mol. The smallest absolute Gasteiger partial charge is 0.321 e. The number of nitrogens with zero attached hydrogens (tertiary/aromatic N) is 7. The van der Waals surface area contributed by atoms with Crippen LogP contribution in [0.15, 0.2) is 59.8 Å². The summed E-state index contributed by atoms with van der Waals surface area (Å²) in [5.74, 6) is -1.02. The van der Waals surface area contributed by atoms with Gasteiger partial charge in [-0.1, -0.05) is 32.9 Å². The molecule has 2 N–H and O–H groups in total. The Bertz CT molecular complexity index is 2350. The summed E-state index contributed by atoms with van der Waals surface area (Å²) in [6.07, 6.45) is 9.22. The second-order valence-electron chi connectivity index (χ2n) is 16.6. The van der Waals surface area contributed by atoms with Gasteiger partial charge < -0.3 is 10.2 Å². The van der Waals surface area contributed by atoms with E-state index in [2.05, 4.69) is 36.4 Å². The summed E-state index contributed by atoms with van der Waals surface area (Å²) in [6, 6.07) is 10.8. The van der Waals surface area contributed by atoms with Crippen LogP contribution in [0.3, 0.4) is 0 Å². The molecule has 8 rings (SSSR count). The number of carbonyl (C=O) groups excluding carboxylic acids is 3. The lowest BCUT2D eigenvalue weighted by Gasteiger charge is -2.38. The number of hydrogen-bond acceptors (Lipinski definition) is 8. The number of amides is 3. The highest BCUT2D eigenvalue weighted by molar-refractivity contribution is 6.03. The number of benzene rings is 2. The standard InChI is InChI=1S/C41H48FN9O4/c1-41(2,3)35-20-43-19-32(45-35)38(53)44-26-10-13-31-25(18-26)22-50(47-31)27-11-8-24(9-12-27)21-49-17-16-28(30(42)23-49)29-6-5-7-33-37(29)48(4)40(55)51(33)34-14-15-36(52)46-39(34)54/h5-7,10,13,18-20,22,24,27-28,30,34H,8-9,11-12,14-17,21,23H2,1-4H3,(H,44,53)(H,46,52,54)/t24?,27?,28-,30+,34?/m0/s1. The zero-order chi connectivity index (χ0) is 38.6. The first-order chi connectivity index (χ1) is 26.3. The molecule has 2 saturated heterocycles. The minimum atomic E-state index is -1.10. The third kappa shape index (κ3) is 7.19. The Morgan fingerprint density at radius 3 is 2.56 bits per heavy atom. The molecule has 3 aliphatic rings. The molecule has 3 fully saturated rings. The molecular formula is C41H48FN9O4. The van der Waals surface area contributed by atoms with Gasteiger partial charge in [0.05, 0.1) is 34.5 Å². The van der Waals surface area contributed by atoms with Crippen molar-refractivity contribution in [3.05, 3.63) is 82.4 Å². The summed E-state index contributed by atoms with van der Waals surface area (Å²) in [7, 11) is 1.67. The van der Waals surface area contributed by atoms with Gasteiger partial charge in [0.2, 0.25) is 11.8 Å². The van der Waals surface area contributed by atoms with Gasteiger partial charge in [-0.15, -0.1) is 0 Å². The fourth-order valence-electron chi connectivity index (χ4n) is 8.78. The van der Waals surface area contributed by atoms with Crippen LogP contribution in [0.1, 0.15) is 105 Å². The number of imidazole rings is 1. The maximum atomic E-state index is 16.1. The number of piperidine rings is 2. The van der Waals surface area contributed by atoms with Gasteiger partial charge in [-0.3, -0.25) is 38.5 Å². The number of alkyl halides is 1. The van der Waals surface area contributed by atoms with Crippen molar-refractivity contribution in [1.82, 2.24) is 39.1 Å². The third-order valence-electron chi connectivity index (χ3n) is 11.8. The SMILES string of the molecule is Cn1c(=O)n(C2CCC(=O)NC2=O)c2cccc([C@@H]3CCN(CC4CCC(n5cc6cc(NC(=O)c7cncc(C(C)(C)C)n7)ccc6n5)CC4)C[C@H]3F)c21. The van der Waals surface area contributed by atoms with Crippen LogP contribution in [0, 0.1) is 5.92 Å². The van der Waals surface area contributed by atoms with Crippen molar-refractivity contribution in [1.29, 1.82) is 0 Å². The molecule has 2 aromatic carbocycles. The summed E-state index contributed by atoms with van der Waals surface area (Å²) in [6.45, 7) is 8.05. The minimum Gasteiger partial charge on any atom is -0.321 e. The van der Waals surface area contributed by atoms with Crippen LogP contribution in [0.5, 0.6) is 0 Å². The number of para-hydroxylation sites is 1. The zero-order valence-electron chi connectivity index (χ0n) is 31.8. The molecule has 5 heterocycles. The van der Waals surface area contributed by atoms with E-state index in [1.54, 1.807) is 19.3 Å². The van der Waals surface area contributed by atoms with Crippen molar-refractivity contribution in [3.63, 3.8) is 0 Å². The van der Waals surface area contributed by atoms with Crippen molar-refractivity contribution in [3.8, 4) is 0 Å². The Labute approximate surface area is 318 Å². The number of nitrogens with one attached hydrogen (secondary N) is 2. The number of likely N-dealkylation sites (tertiary alicyclic amines) is 1. The molecule has 1 unspecified atom stereocenters. The monoisotopic (exact) mass is 749 g/mol. The topological polar surface area (TPSA) is 149 Å². The number of aromatic nitrogens is 6. The van der Waals surface area contributed by atoms with Gasteiger partial charge in [-0.2, -0.15) is 5.10 Å².